The minimum Gasteiger partial charge on any atom is -0.399 e. The van der Waals surface area contributed by atoms with E-state index < -0.39 is 10.8 Å². The molecule has 16 heavy (non-hydrogen) atoms. The maximum atomic E-state index is 11.7. The standard InChI is InChI=1S/C11H16ClNO2S/c1-15-5-2-6-16(14)8-9-3-4-10(13)7-11(9)12/h3-4,7H,2,5-6,8,13H2,1H3. The number of hydrogen-bond acceptors (Lipinski definition) is 3. The number of hydrogen-bond donors (Lipinski definition) is 1. The van der Waals surface area contributed by atoms with Crippen LogP contribution in [0.15, 0.2) is 18.2 Å². The van der Waals surface area contributed by atoms with Gasteiger partial charge in [0.2, 0.25) is 0 Å². The highest BCUT2D eigenvalue weighted by Gasteiger charge is 2.05. The molecule has 1 atom stereocenters. The van der Waals surface area contributed by atoms with Crippen molar-refractivity contribution in [1.82, 2.24) is 0 Å². The molecule has 0 amide bonds. The van der Waals surface area contributed by atoms with Gasteiger partial charge in [-0.15, -0.1) is 0 Å². The summed E-state index contributed by atoms with van der Waals surface area (Å²) in [6.45, 7) is 0.640. The van der Waals surface area contributed by atoms with Crippen LogP contribution in [0, 0.1) is 0 Å². The van der Waals surface area contributed by atoms with Crippen LogP contribution in [0.3, 0.4) is 0 Å². The number of anilines is 1. The quantitative estimate of drug-likeness (QED) is 0.631. The van der Waals surface area contributed by atoms with Crippen LogP contribution in [0.1, 0.15) is 12.0 Å². The Morgan fingerprint density at radius 2 is 2.25 bits per heavy atom. The Bertz CT molecular complexity index is 371. The molecular formula is C11H16ClNO2S. The van der Waals surface area contributed by atoms with Crippen LogP contribution < -0.4 is 5.73 Å². The highest BCUT2D eigenvalue weighted by atomic mass is 35.5. The molecule has 1 aromatic rings. The van der Waals surface area contributed by atoms with E-state index in [1.807, 2.05) is 6.07 Å². The summed E-state index contributed by atoms with van der Waals surface area (Å²) in [4.78, 5) is 0. The summed E-state index contributed by atoms with van der Waals surface area (Å²) in [6.07, 6.45) is 0.801. The van der Waals surface area contributed by atoms with Gasteiger partial charge < -0.3 is 10.5 Å². The van der Waals surface area contributed by atoms with Crippen LogP contribution in [0.2, 0.25) is 5.02 Å². The van der Waals surface area contributed by atoms with Crippen molar-refractivity contribution < 1.29 is 8.95 Å². The van der Waals surface area contributed by atoms with Gasteiger partial charge in [-0.3, -0.25) is 4.21 Å². The van der Waals surface area contributed by atoms with E-state index in [2.05, 4.69) is 0 Å². The van der Waals surface area contributed by atoms with E-state index in [0.29, 0.717) is 28.8 Å². The van der Waals surface area contributed by atoms with E-state index in [4.69, 9.17) is 22.1 Å². The van der Waals surface area contributed by atoms with Crippen LogP contribution in [0.25, 0.3) is 0 Å². The first-order chi connectivity index (χ1) is 7.63. The number of rotatable bonds is 6. The number of methoxy groups -OCH3 is 1. The van der Waals surface area contributed by atoms with E-state index in [9.17, 15) is 4.21 Å². The third-order valence-corrected chi connectivity index (χ3v) is 3.84. The lowest BCUT2D eigenvalue weighted by molar-refractivity contribution is 0.200. The maximum absolute atomic E-state index is 11.7. The summed E-state index contributed by atoms with van der Waals surface area (Å²) in [5.41, 5.74) is 7.08. The molecule has 1 unspecified atom stereocenters. The van der Waals surface area contributed by atoms with Crippen LogP contribution in [-0.4, -0.2) is 23.7 Å². The van der Waals surface area contributed by atoms with Gasteiger partial charge >= 0.3 is 0 Å². The molecule has 3 nitrogen and oxygen atoms in total. The first-order valence-corrected chi connectivity index (χ1v) is 6.88. The second-order valence-electron chi connectivity index (χ2n) is 3.49. The molecule has 0 aliphatic rings. The second-order valence-corrected chi connectivity index (χ2v) is 5.47. The fourth-order valence-corrected chi connectivity index (χ4v) is 2.81. The van der Waals surface area contributed by atoms with Crippen molar-refractivity contribution in [2.45, 2.75) is 12.2 Å². The Balaban J connectivity index is 2.49. The van der Waals surface area contributed by atoms with Crippen LogP contribution in [-0.2, 0) is 21.3 Å². The van der Waals surface area contributed by atoms with Gasteiger partial charge in [-0.05, 0) is 24.1 Å². The van der Waals surface area contributed by atoms with Gasteiger partial charge in [-0.25, -0.2) is 0 Å². The topological polar surface area (TPSA) is 52.3 Å². The molecule has 0 fully saturated rings. The average molecular weight is 262 g/mol. The molecule has 0 saturated heterocycles. The molecule has 0 aromatic heterocycles. The Hall–Kier alpha value is -0.580. The Labute approximate surface area is 103 Å². The predicted octanol–water partition coefficient (Wildman–Crippen LogP) is 2.21. The molecule has 0 saturated carbocycles. The van der Waals surface area contributed by atoms with Gasteiger partial charge in [0.25, 0.3) is 0 Å². The van der Waals surface area contributed by atoms with Crippen LogP contribution in [0.4, 0.5) is 5.69 Å². The zero-order valence-corrected chi connectivity index (χ0v) is 10.8. The van der Waals surface area contributed by atoms with E-state index in [1.54, 1.807) is 19.2 Å². The number of halogens is 1. The molecule has 0 radical (unpaired) electrons. The lowest BCUT2D eigenvalue weighted by Crippen LogP contribution is -2.04. The van der Waals surface area contributed by atoms with E-state index in [-0.39, 0.29) is 0 Å². The molecular weight excluding hydrogens is 246 g/mol. The van der Waals surface area contributed by atoms with E-state index in [1.165, 1.54) is 0 Å². The summed E-state index contributed by atoms with van der Waals surface area (Å²) in [5.74, 6) is 1.11. The Morgan fingerprint density at radius 3 is 2.88 bits per heavy atom. The van der Waals surface area contributed by atoms with Gasteiger partial charge in [0.1, 0.15) is 0 Å². The largest absolute Gasteiger partial charge is 0.399 e. The summed E-state index contributed by atoms with van der Waals surface area (Å²) in [7, 11) is 0.744. The highest BCUT2D eigenvalue weighted by Crippen LogP contribution is 2.20. The van der Waals surface area contributed by atoms with Crippen molar-refractivity contribution in [2.75, 3.05) is 25.2 Å². The van der Waals surface area contributed by atoms with Gasteiger partial charge in [0.15, 0.2) is 0 Å². The smallest absolute Gasteiger partial charge is 0.0500 e. The molecule has 1 rings (SSSR count). The van der Waals surface area contributed by atoms with Gasteiger partial charge in [-0.1, -0.05) is 17.7 Å². The molecule has 0 aliphatic heterocycles. The molecule has 90 valence electrons. The number of ether oxygens (including phenoxy) is 1. The predicted molar refractivity (Wildman–Crippen MR) is 69.1 cm³/mol. The summed E-state index contributed by atoms with van der Waals surface area (Å²) in [6, 6.07) is 5.28. The van der Waals surface area contributed by atoms with Crippen molar-refractivity contribution in [3.63, 3.8) is 0 Å². The Kier molecular flexibility index (Phi) is 5.80. The van der Waals surface area contributed by atoms with Crippen molar-refractivity contribution in [3.05, 3.63) is 28.8 Å². The fraction of sp³-hybridized carbons (Fsp3) is 0.455. The molecule has 1 aromatic carbocycles. The SMILES string of the molecule is COCCCS(=O)Cc1ccc(N)cc1Cl. The number of nitrogen functional groups attached to an aromatic ring is 1. The summed E-state index contributed by atoms with van der Waals surface area (Å²) < 4.78 is 16.6. The second kappa shape index (κ2) is 6.89. The molecule has 2 N–H and O–H groups in total. The molecule has 0 bridgehead atoms. The first kappa shape index (κ1) is 13.5. The van der Waals surface area contributed by atoms with Crippen molar-refractivity contribution >= 4 is 28.1 Å². The van der Waals surface area contributed by atoms with E-state index in [0.717, 1.165) is 12.0 Å². The van der Waals surface area contributed by atoms with Crippen LogP contribution >= 0.6 is 11.6 Å². The first-order valence-electron chi connectivity index (χ1n) is 5.01. The van der Waals surface area contributed by atoms with Crippen molar-refractivity contribution in [1.29, 1.82) is 0 Å². The minimum absolute atomic E-state index is 0.475. The third kappa shape index (κ3) is 4.51. The number of nitrogens with two attached hydrogens (primary N) is 1. The minimum atomic E-state index is -0.895. The molecule has 0 aliphatic carbocycles. The molecule has 0 heterocycles. The summed E-state index contributed by atoms with van der Waals surface area (Å²) >= 11 is 6.00. The van der Waals surface area contributed by atoms with Crippen molar-refractivity contribution in [3.8, 4) is 0 Å². The highest BCUT2D eigenvalue weighted by molar-refractivity contribution is 7.84. The van der Waals surface area contributed by atoms with Crippen molar-refractivity contribution in [2.24, 2.45) is 0 Å². The van der Waals surface area contributed by atoms with Crippen LogP contribution in [0.5, 0.6) is 0 Å². The van der Waals surface area contributed by atoms with Gasteiger partial charge in [0, 0.05) is 46.7 Å². The lowest BCUT2D eigenvalue weighted by atomic mass is 10.2. The zero-order valence-electron chi connectivity index (χ0n) is 9.24. The zero-order chi connectivity index (χ0) is 12.0. The molecule has 0 spiro atoms. The average Bonchev–Trinajstić information content (AvgIpc) is 2.23. The molecule has 5 heteroatoms. The fourth-order valence-electron chi connectivity index (χ4n) is 1.29. The van der Waals surface area contributed by atoms with E-state index >= 15 is 0 Å². The van der Waals surface area contributed by atoms with Gasteiger partial charge in [-0.2, -0.15) is 0 Å². The third-order valence-electron chi connectivity index (χ3n) is 2.11. The summed E-state index contributed by atoms with van der Waals surface area (Å²) in [5, 5.41) is 0.583. The maximum Gasteiger partial charge on any atom is 0.0500 e. The van der Waals surface area contributed by atoms with Gasteiger partial charge in [0.05, 0.1) is 0 Å². The normalized spacial score (nSPS) is 12.6. The lowest BCUT2D eigenvalue weighted by Gasteiger charge is -2.05. The number of benzene rings is 1. The Morgan fingerprint density at radius 1 is 1.50 bits per heavy atom. The monoisotopic (exact) mass is 261 g/mol.